The Morgan fingerprint density at radius 1 is 1.18 bits per heavy atom. The molecular weight excluding hydrogens is 374 g/mol. The molecule has 0 spiro atoms. The van der Waals surface area contributed by atoms with Gasteiger partial charge in [0, 0.05) is 35.8 Å². The van der Waals surface area contributed by atoms with Gasteiger partial charge in [-0.25, -0.2) is 0 Å². The molecule has 0 aliphatic heterocycles. The summed E-state index contributed by atoms with van der Waals surface area (Å²) in [6.07, 6.45) is 0.962. The van der Waals surface area contributed by atoms with Crippen molar-refractivity contribution in [2.45, 2.75) is 39.8 Å². The molecule has 1 aromatic heterocycles. The molecule has 0 saturated carbocycles. The summed E-state index contributed by atoms with van der Waals surface area (Å²) >= 11 is 1.83. The molecule has 2 rings (SSSR count). The molecule has 0 amide bonds. The lowest BCUT2D eigenvalue weighted by atomic mass is 10.1. The van der Waals surface area contributed by atoms with Gasteiger partial charge in [0.2, 0.25) is 5.75 Å². The van der Waals surface area contributed by atoms with Crippen molar-refractivity contribution >= 4 is 17.3 Å². The first-order valence-electron chi connectivity index (χ1n) is 9.40. The van der Waals surface area contributed by atoms with Crippen LogP contribution in [0, 0.1) is 6.92 Å². The normalized spacial score (nSPS) is 12.4. The Kier molecular flexibility index (Phi) is 8.44. The Morgan fingerprint density at radius 3 is 2.36 bits per heavy atom. The van der Waals surface area contributed by atoms with Gasteiger partial charge in [0.05, 0.1) is 20.8 Å². The minimum Gasteiger partial charge on any atom is -0.493 e. The lowest BCUT2D eigenvalue weighted by Crippen LogP contribution is -2.42. The summed E-state index contributed by atoms with van der Waals surface area (Å²) in [6, 6.07) is 8.52. The van der Waals surface area contributed by atoms with Crippen LogP contribution in [-0.4, -0.2) is 39.9 Å². The second-order valence-electron chi connectivity index (χ2n) is 6.45. The van der Waals surface area contributed by atoms with Gasteiger partial charge < -0.3 is 24.8 Å². The summed E-state index contributed by atoms with van der Waals surface area (Å²) in [5, 5.41) is 6.79. The van der Waals surface area contributed by atoms with E-state index in [1.807, 2.05) is 30.4 Å². The fraction of sp³-hybridized carbons (Fsp3) is 0.476. The van der Waals surface area contributed by atoms with Crippen molar-refractivity contribution in [1.82, 2.24) is 10.6 Å². The molecule has 28 heavy (non-hydrogen) atoms. The zero-order valence-corrected chi connectivity index (χ0v) is 18.4. The standard InChI is InChI=1S/C21H31N3O3S/c1-7-27-20-18(25-5)11-16(12-19(20)26-6)13-23-21(22-4)24-14(2)10-17-9-8-15(3)28-17/h8-9,11-12,14H,7,10,13H2,1-6H3,(H2,22,23,24). The van der Waals surface area contributed by atoms with Gasteiger partial charge >= 0.3 is 0 Å². The van der Waals surface area contributed by atoms with Crippen LogP contribution in [0.15, 0.2) is 29.3 Å². The molecule has 0 aliphatic carbocycles. The van der Waals surface area contributed by atoms with Gasteiger partial charge in [0.15, 0.2) is 17.5 Å². The predicted molar refractivity (Wildman–Crippen MR) is 116 cm³/mol. The summed E-state index contributed by atoms with van der Waals surface area (Å²) in [6.45, 7) is 7.35. The van der Waals surface area contributed by atoms with Gasteiger partial charge in [-0.3, -0.25) is 4.99 Å². The van der Waals surface area contributed by atoms with E-state index in [9.17, 15) is 0 Å². The number of nitrogens with zero attached hydrogens (tertiary/aromatic N) is 1. The molecule has 7 heteroatoms. The number of aliphatic imine (C=N–C) groups is 1. The van der Waals surface area contributed by atoms with Gasteiger partial charge in [0.25, 0.3) is 0 Å². The topological polar surface area (TPSA) is 64.1 Å². The van der Waals surface area contributed by atoms with Crippen LogP contribution in [0.3, 0.4) is 0 Å². The van der Waals surface area contributed by atoms with E-state index in [1.165, 1.54) is 9.75 Å². The number of methoxy groups -OCH3 is 2. The zero-order chi connectivity index (χ0) is 20.5. The van der Waals surface area contributed by atoms with E-state index in [1.54, 1.807) is 21.3 Å². The molecule has 1 aromatic carbocycles. The Morgan fingerprint density at radius 2 is 1.86 bits per heavy atom. The Labute approximate surface area is 171 Å². The van der Waals surface area contributed by atoms with Crippen LogP contribution in [0.2, 0.25) is 0 Å². The number of ether oxygens (including phenoxy) is 3. The first-order valence-corrected chi connectivity index (χ1v) is 10.2. The molecule has 0 aliphatic rings. The van der Waals surface area contributed by atoms with E-state index >= 15 is 0 Å². The van der Waals surface area contributed by atoms with Crippen molar-refractivity contribution in [3.63, 3.8) is 0 Å². The largest absolute Gasteiger partial charge is 0.493 e. The van der Waals surface area contributed by atoms with E-state index in [2.05, 4.69) is 41.6 Å². The SMILES string of the molecule is CCOc1c(OC)cc(CNC(=NC)NC(C)Cc2ccc(C)s2)cc1OC. The van der Waals surface area contributed by atoms with Gasteiger partial charge in [-0.2, -0.15) is 0 Å². The molecule has 2 aromatic rings. The molecule has 1 heterocycles. The van der Waals surface area contributed by atoms with Crippen molar-refractivity contribution in [3.05, 3.63) is 39.6 Å². The number of aryl methyl sites for hydroxylation is 1. The lowest BCUT2D eigenvalue weighted by Gasteiger charge is -2.19. The highest BCUT2D eigenvalue weighted by Gasteiger charge is 2.14. The van der Waals surface area contributed by atoms with Crippen LogP contribution >= 0.6 is 11.3 Å². The highest BCUT2D eigenvalue weighted by molar-refractivity contribution is 7.11. The first kappa shape index (κ1) is 21.9. The summed E-state index contributed by atoms with van der Waals surface area (Å²) in [5.41, 5.74) is 1.02. The van der Waals surface area contributed by atoms with E-state index in [0.717, 1.165) is 17.9 Å². The molecule has 1 unspecified atom stereocenters. The van der Waals surface area contributed by atoms with Gasteiger partial charge in [-0.05, 0) is 50.6 Å². The molecule has 0 fully saturated rings. The second-order valence-corrected chi connectivity index (χ2v) is 7.82. The number of hydrogen-bond acceptors (Lipinski definition) is 5. The van der Waals surface area contributed by atoms with Crippen molar-refractivity contribution in [2.75, 3.05) is 27.9 Å². The number of guanidine groups is 1. The number of thiophene rings is 1. The maximum Gasteiger partial charge on any atom is 0.203 e. The summed E-state index contributed by atoms with van der Waals surface area (Å²) in [7, 11) is 5.03. The monoisotopic (exact) mass is 405 g/mol. The first-order chi connectivity index (χ1) is 13.5. The summed E-state index contributed by atoms with van der Waals surface area (Å²) < 4.78 is 16.6. The second kappa shape index (κ2) is 10.8. The third-order valence-electron chi connectivity index (χ3n) is 4.18. The lowest BCUT2D eigenvalue weighted by molar-refractivity contribution is 0.288. The molecule has 6 nitrogen and oxygen atoms in total. The van der Waals surface area contributed by atoms with Crippen molar-refractivity contribution in [3.8, 4) is 17.2 Å². The summed E-state index contributed by atoms with van der Waals surface area (Å²) in [5.74, 6) is 2.69. The highest BCUT2D eigenvalue weighted by Crippen LogP contribution is 2.38. The minimum absolute atomic E-state index is 0.272. The fourth-order valence-corrected chi connectivity index (χ4v) is 3.90. The average molecular weight is 406 g/mol. The Hall–Kier alpha value is -2.41. The van der Waals surface area contributed by atoms with E-state index in [0.29, 0.717) is 30.4 Å². The third kappa shape index (κ3) is 6.05. The molecule has 0 radical (unpaired) electrons. The summed E-state index contributed by atoms with van der Waals surface area (Å²) in [4.78, 5) is 7.04. The van der Waals surface area contributed by atoms with Crippen LogP contribution < -0.4 is 24.8 Å². The van der Waals surface area contributed by atoms with E-state index in [4.69, 9.17) is 14.2 Å². The minimum atomic E-state index is 0.272. The number of hydrogen-bond donors (Lipinski definition) is 2. The van der Waals surface area contributed by atoms with Crippen LogP contribution in [0.5, 0.6) is 17.2 Å². The van der Waals surface area contributed by atoms with Gasteiger partial charge in [-0.15, -0.1) is 11.3 Å². The van der Waals surface area contributed by atoms with Crippen LogP contribution in [0.4, 0.5) is 0 Å². The van der Waals surface area contributed by atoms with Crippen LogP contribution in [0.1, 0.15) is 29.2 Å². The maximum absolute atomic E-state index is 5.66. The quantitative estimate of drug-likeness (QED) is 0.491. The number of benzene rings is 1. The molecule has 154 valence electrons. The maximum atomic E-state index is 5.66. The van der Waals surface area contributed by atoms with Crippen molar-refractivity contribution in [2.24, 2.45) is 4.99 Å². The van der Waals surface area contributed by atoms with Crippen molar-refractivity contribution in [1.29, 1.82) is 0 Å². The van der Waals surface area contributed by atoms with E-state index < -0.39 is 0 Å². The smallest absolute Gasteiger partial charge is 0.203 e. The van der Waals surface area contributed by atoms with Crippen LogP contribution in [0.25, 0.3) is 0 Å². The fourth-order valence-electron chi connectivity index (χ4n) is 2.88. The van der Waals surface area contributed by atoms with Gasteiger partial charge in [-0.1, -0.05) is 0 Å². The Bertz CT molecular complexity index is 764. The molecule has 0 bridgehead atoms. The Balaban J connectivity index is 2.00. The van der Waals surface area contributed by atoms with Crippen molar-refractivity contribution < 1.29 is 14.2 Å². The van der Waals surface area contributed by atoms with Crippen LogP contribution in [-0.2, 0) is 13.0 Å². The highest BCUT2D eigenvalue weighted by atomic mass is 32.1. The zero-order valence-electron chi connectivity index (χ0n) is 17.6. The molecule has 2 N–H and O–H groups in total. The number of rotatable bonds is 9. The third-order valence-corrected chi connectivity index (χ3v) is 5.20. The predicted octanol–water partition coefficient (Wildman–Crippen LogP) is 3.77. The molecular formula is C21H31N3O3S. The van der Waals surface area contributed by atoms with E-state index in [-0.39, 0.29) is 6.04 Å². The van der Waals surface area contributed by atoms with Gasteiger partial charge in [0.1, 0.15) is 0 Å². The molecule has 1 atom stereocenters. The number of nitrogens with one attached hydrogen (secondary N) is 2. The average Bonchev–Trinajstić information content (AvgIpc) is 3.10. The molecule has 0 saturated heterocycles.